The third-order valence-electron chi connectivity index (χ3n) is 4.17. The standard InChI is InChI=1S/C16H27N5O2/c1-16(2,3)13(15(23)17-4)19-14(22)12-11-9-20(5)7-6-8-21(11)10-18-12/h10,13H,6-9H2,1-5H3,(H,17,23)(H,19,22)/t13-/m1/s1. The molecule has 1 aliphatic heterocycles. The number of amides is 2. The van der Waals surface area contributed by atoms with Gasteiger partial charge in [0.25, 0.3) is 5.91 Å². The van der Waals surface area contributed by atoms with Crippen LogP contribution in [-0.2, 0) is 17.9 Å². The molecule has 0 unspecified atom stereocenters. The molecule has 1 aliphatic rings. The van der Waals surface area contributed by atoms with Crippen molar-refractivity contribution in [3.05, 3.63) is 17.7 Å². The Hall–Kier alpha value is -1.89. The van der Waals surface area contributed by atoms with Gasteiger partial charge in [-0.2, -0.15) is 0 Å². The third-order valence-corrected chi connectivity index (χ3v) is 4.17. The molecule has 1 aromatic heterocycles. The molecule has 0 radical (unpaired) electrons. The lowest BCUT2D eigenvalue weighted by Gasteiger charge is -2.29. The number of hydrogen-bond donors (Lipinski definition) is 2. The maximum absolute atomic E-state index is 12.7. The Morgan fingerprint density at radius 2 is 2.00 bits per heavy atom. The summed E-state index contributed by atoms with van der Waals surface area (Å²) in [6.45, 7) is 8.31. The Kier molecular flexibility index (Phi) is 5.09. The van der Waals surface area contributed by atoms with Gasteiger partial charge in [0.15, 0.2) is 5.69 Å². The Balaban J connectivity index is 2.24. The first-order valence-electron chi connectivity index (χ1n) is 7.99. The van der Waals surface area contributed by atoms with Crippen molar-refractivity contribution in [1.82, 2.24) is 25.1 Å². The minimum absolute atomic E-state index is 0.201. The summed E-state index contributed by atoms with van der Waals surface area (Å²) in [7, 11) is 3.61. The van der Waals surface area contributed by atoms with Crippen molar-refractivity contribution in [2.45, 2.75) is 46.3 Å². The molecule has 128 valence electrons. The second kappa shape index (κ2) is 6.70. The topological polar surface area (TPSA) is 79.3 Å². The molecular weight excluding hydrogens is 294 g/mol. The summed E-state index contributed by atoms with van der Waals surface area (Å²) in [6, 6.07) is -0.610. The van der Waals surface area contributed by atoms with Gasteiger partial charge in [0, 0.05) is 20.1 Å². The van der Waals surface area contributed by atoms with Gasteiger partial charge < -0.3 is 20.1 Å². The molecule has 1 aromatic rings. The van der Waals surface area contributed by atoms with Crippen LogP contribution in [0.25, 0.3) is 0 Å². The van der Waals surface area contributed by atoms with E-state index < -0.39 is 6.04 Å². The van der Waals surface area contributed by atoms with Gasteiger partial charge in [0.1, 0.15) is 6.04 Å². The number of nitrogens with zero attached hydrogens (tertiary/aromatic N) is 3. The zero-order valence-corrected chi connectivity index (χ0v) is 14.6. The van der Waals surface area contributed by atoms with Crippen LogP contribution in [0.1, 0.15) is 43.4 Å². The van der Waals surface area contributed by atoms with Crippen LogP contribution >= 0.6 is 0 Å². The van der Waals surface area contributed by atoms with E-state index in [9.17, 15) is 9.59 Å². The fourth-order valence-corrected chi connectivity index (χ4v) is 2.82. The molecule has 1 atom stereocenters. The molecule has 2 rings (SSSR count). The van der Waals surface area contributed by atoms with Gasteiger partial charge in [-0.15, -0.1) is 0 Å². The van der Waals surface area contributed by atoms with Crippen LogP contribution in [-0.4, -0.2) is 52.9 Å². The average Bonchev–Trinajstić information content (AvgIpc) is 2.76. The lowest BCUT2D eigenvalue weighted by atomic mass is 9.86. The van der Waals surface area contributed by atoms with Gasteiger partial charge in [-0.1, -0.05) is 20.8 Å². The molecule has 2 amide bonds. The van der Waals surface area contributed by atoms with Crippen LogP contribution < -0.4 is 10.6 Å². The second-order valence-electron chi connectivity index (χ2n) is 7.21. The first-order valence-corrected chi connectivity index (χ1v) is 7.99. The molecule has 0 saturated carbocycles. The molecule has 0 bridgehead atoms. The molecule has 23 heavy (non-hydrogen) atoms. The molecule has 2 heterocycles. The molecule has 0 fully saturated rings. The van der Waals surface area contributed by atoms with Crippen molar-refractivity contribution in [2.24, 2.45) is 5.41 Å². The fraction of sp³-hybridized carbons (Fsp3) is 0.688. The van der Waals surface area contributed by atoms with Crippen molar-refractivity contribution in [2.75, 3.05) is 20.6 Å². The lowest BCUT2D eigenvalue weighted by Crippen LogP contribution is -2.53. The molecular formula is C16H27N5O2. The van der Waals surface area contributed by atoms with Crippen LogP contribution in [0.5, 0.6) is 0 Å². The van der Waals surface area contributed by atoms with Crippen molar-refractivity contribution in [3.63, 3.8) is 0 Å². The number of hydrogen-bond acceptors (Lipinski definition) is 4. The predicted octanol–water partition coefficient (Wildman–Crippen LogP) is 0.609. The summed E-state index contributed by atoms with van der Waals surface area (Å²) in [5.41, 5.74) is 0.937. The van der Waals surface area contributed by atoms with E-state index in [-0.39, 0.29) is 17.2 Å². The Bertz CT molecular complexity index is 588. The molecule has 0 aliphatic carbocycles. The van der Waals surface area contributed by atoms with Crippen molar-refractivity contribution < 1.29 is 9.59 Å². The highest BCUT2D eigenvalue weighted by Gasteiger charge is 2.33. The summed E-state index contributed by atoms with van der Waals surface area (Å²) in [6.07, 6.45) is 2.75. The van der Waals surface area contributed by atoms with Gasteiger partial charge >= 0.3 is 0 Å². The zero-order valence-electron chi connectivity index (χ0n) is 14.6. The van der Waals surface area contributed by atoms with Crippen molar-refractivity contribution >= 4 is 11.8 Å². The van der Waals surface area contributed by atoms with Gasteiger partial charge in [-0.3, -0.25) is 9.59 Å². The maximum atomic E-state index is 12.7. The van der Waals surface area contributed by atoms with Gasteiger partial charge in [0.2, 0.25) is 5.91 Å². The molecule has 7 nitrogen and oxygen atoms in total. The molecule has 0 spiro atoms. The van der Waals surface area contributed by atoms with E-state index in [1.54, 1.807) is 13.4 Å². The van der Waals surface area contributed by atoms with Gasteiger partial charge in [-0.25, -0.2) is 4.98 Å². The molecule has 2 N–H and O–H groups in total. The Labute approximate surface area is 137 Å². The normalized spacial score (nSPS) is 17.1. The summed E-state index contributed by atoms with van der Waals surface area (Å²) < 4.78 is 2.03. The lowest BCUT2D eigenvalue weighted by molar-refractivity contribution is -0.124. The molecule has 0 aromatic carbocycles. The average molecular weight is 321 g/mol. The minimum atomic E-state index is -0.610. The van der Waals surface area contributed by atoms with Gasteiger partial charge in [-0.05, 0) is 25.4 Å². The van der Waals surface area contributed by atoms with E-state index >= 15 is 0 Å². The highest BCUT2D eigenvalue weighted by molar-refractivity contribution is 5.97. The Morgan fingerprint density at radius 3 is 2.61 bits per heavy atom. The van der Waals surface area contributed by atoms with E-state index in [0.717, 1.165) is 25.2 Å². The number of rotatable bonds is 3. The first-order chi connectivity index (χ1) is 10.7. The van der Waals surface area contributed by atoms with E-state index in [1.807, 2.05) is 32.4 Å². The number of aryl methyl sites for hydroxylation is 1. The number of aromatic nitrogens is 2. The molecule has 0 saturated heterocycles. The summed E-state index contributed by atoms with van der Waals surface area (Å²) in [5, 5.41) is 5.46. The van der Waals surface area contributed by atoms with Crippen molar-refractivity contribution in [3.8, 4) is 0 Å². The SMILES string of the molecule is CNC(=O)[C@@H](NC(=O)c1ncn2c1CN(C)CCC2)C(C)(C)C. The van der Waals surface area contributed by atoms with Crippen LogP contribution in [0.3, 0.4) is 0 Å². The number of likely N-dealkylation sites (N-methyl/N-ethyl adjacent to an activating group) is 1. The zero-order chi connectivity index (χ0) is 17.2. The fourth-order valence-electron chi connectivity index (χ4n) is 2.82. The van der Waals surface area contributed by atoms with Crippen LogP contribution in [0, 0.1) is 5.41 Å². The van der Waals surface area contributed by atoms with E-state index in [2.05, 4.69) is 20.5 Å². The minimum Gasteiger partial charge on any atom is -0.357 e. The monoisotopic (exact) mass is 321 g/mol. The maximum Gasteiger partial charge on any atom is 0.272 e. The number of nitrogens with one attached hydrogen (secondary N) is 2. The number of imidazole rings is 1. The predicted molar refractivity (Wildman–Crippen MR) is 88.0 cm³/mol. The highest BCUT2D eigenvalue weighted by atomic mass is 16.2. The highest BCUT2D eigenvalue weighted by Crippen LogP contribution is 2.21. The summed E-state index contributed by atoms with van der Waals surface area (Å²) >= 11 is 0. The Morgan fingerprint density at radius 1 is 1.30 bits per heavy atom. The summed E-state index contributed by atoms with van der Waals surface area (Å²) in [5.74, 6) is -0.495. The van der Waals surface area contributed by atoms with Crippen LogP contribution in [0.4, 0.5) is 0 Å². The first kappa shape index (κ1) is 17.5. The van der Waals surface area contributed by atoms with Crippen molar-refractivity contribution in [1.29, 1.82) is 0 Å². The quantitative estimate of drug-likeness (QED) is 0.855. The van der Waals surface area contributed by atoms with Gasteiger partial charge in [0.05, 0.1) is 12.0 Å². The summed E-state index contributed by atoms with van der Waals surface area (Å²) in [4.78, 5) is 31.3. The number of fused-ring (bicyclic) bond motifs is 1. The van der Waals surface area contributed by atoms with E-state index in [0.29, 0.717) is 12.2 Å². The smallest absolute Gasteiger partial charge is 0.272 e. The molecule has 7 heteroatoms. The largest absolute Gasteiger partial charge is 0.357 e. The van der Waals surface area contributed by atoms with E-state index in [1.165, 1.54) is 0 Å². The third kappa shape index (κ3) is 3.90. The number of carbonyl (C=O) groups is 2. The van der Waals surface area contributed by atoms with E-state index in [4.69, 9.17) is 0 Å². The number of carbonyl (C=O) groups excluding carboxylic acids is 2. The van der Waals surface area contributed by atoms with Crippen LogP contribution in [0.15, 0.2) is 6.33 Å². The second-order valence-corrected chi connectivity index (χ2v) is 7.21. The van der Waals surface area contributed by atoms with Crippen LogP contribution in [0.2, 0.25) is 0 Å².